The van der Waals surface area contributed by atoms with Gasteiger partial charge in [0, 0.05) is 18.2 Å². The van der Waals surface area contributed by atoms with Crippen molar-refractivity contribution in [2.24, 2.45) is 0 Å². The molecule has 0 aliphatic carbocycles. The lowest BCUT2D eigenvalue weighted by Crippen LogP contribution is -2.48. The Morgan fingerprint density at radius 2 is 1.91 bits per heavy atom. The number of pyridine rings is 1. The molecule has 2 aromatic rings. The summed E-state index contributed by atoms with van der Waals surface area (Å²) >= 11 is 5.87. The molecular formula is C21H23ClF4N2O3S. The minimum absolute atomic E-state index is 0.0180. The first-order chi connectivity index (χ1) is 14.6. The second-order valence-corrected chi connectivity index (χ2v) is 11.4. The number of rotatable bonds is 4. The molecule has 32 heavy (non-hydrogen) atoms. The van der Waals surface area contributed by atoms with Crippen molar-refractivity contribution in [3.05, 3.63) is 46.4 Å². The van der Waals surface area contributed by atoms with Gasteiger partial charge in [0.05, 0.1) is 21.0 Å². The van der Waals surface area contributed by atoms with E-state index < -0.39 is 45.1 Å². The Morgan fingerprint density at radius 1 is 1.28 bits per heavy atom. The van der Waals surface area contributed by atoms with Gasteiger partial charge in [-0.3, -0.25) is 0 Å². The van der Waals surface area contributed by atoms with Gasteiger partial charge in [0.25, 0.3) is 0 Å². The molecule has 2 heterocycles. The monoisotopic (exact) mass is 494 g/mol. The molecule has 11 heteroatoms. The van der Waals surface area contributed by atoms with E-state index in [1.54, 1.807) is 34.7 Å². The maximum atomic E-state index is 13.7. The summed E-state index contributed by atoms with van der Waals surface area (Å²) in [6.45, 7) is 6.99. The molecule has 1 aliphatic heterocycles. The van der Waals surface area contributed by atoms with Crippen LogP contribution < -0.4 is 4.74 Å². The van der Waals surface area contributed by atoms with Crippen LogP contribution in [-0.4, -0.2) is 43.2 Å². The van der Waals surface area contributed by atoms with E-state index in [0.29, 0.717) is 0 Å². The van der Waals surface area contributed by atoms with E-state index in [9.17, 15) is 26.9 Å². The van der Waals surface area contributed by atoms with Gasteiger partial charge in [-0.25, -0.2) is 17.9 Å². The molecule has 1 aliphatic rings. The summed E-state index contributed by atoms with van der Waals surface area (Å²) in [6.07, 6.45) is -7.82. The molecule has 3 atom stereocenters. The zero-order chi connectivity index (χ0) is 24.2. The maximum absolute atomic E-state index is 13.7. The van der Waals surface area contributed by atoms with Crippen LogP contribution in [0.25, 0.3) is 11.3 Å². The van der Waals surface area contributed by atoms with E-state index in [1.165, 1.54) is 16.4 Å². The van der Waals surface area contributed by atoms with Gasteiger partial charge in [0.1, 0.15) is 29.1 Å². The molecule has 0 fully saturated rings. The summed E-state index contributed by atoms with van der Waals surface area (Å²) in [5, 5.41) is 9.67. The standard InChI is InChI=1S/C21H23ClF4N2O3S/c1-19(2,3)32(30)28(5)20(4)10-31-17-12(20)9-15(18(29)21(24,25)26)27-16(17)11-6-7-14(23)13(22)8-11/h6-9,18,29H,10H2,1-5H3. The van der Waals surface area contributed by atoms with Crippen molar-refractivity contribution in [2.75, 3.05) is 13.7 Å². The summed E-state index contributed by atoms with van der Waals surface area (Å²) in [5.74, 6) is -0.546. The number of nitrogens with zero attached hydrogens (tertiary/aromatic N) is 2. The van der Waals surface area contributed by atoms with E-state index in [0.717, 1.165) is 12.1 Å². The quantitative estimate of drug-likeness (QED) is 0.598. The number of aliphatic hydroxyl groups excluding tert-OH is 1. The van der Waals surface area contributed by atoms with Gasteiger partial charge >= 0.3 is 6.18 Å². The number of ether oxygens (including phenoxy) is 1. The molecule has 0 saturated heterocycles. The van der Waals surface area contributed by atoms with Crippen molar-refractivity contribution in [2.45, 2.75) is 50.3 Å². The Kier molecular flexibility index (Phi) is 6.40. The van der Waals surface area contributed by atoms with Gasteiger partial charge in [-0.15, -0.1) is 0 Å². The van der Waals surface area contributed by atoms with Crippen LogP contribution in [0.4, 0.5) is 17.6 Å². The van der Waals surface area contributed by atoms with E-state index in [2.05, 4.69) is 4.98 Å². The summed E-state index contributed by atoms with van der Waals surface area (Å²) < 4.78 is 73.4. The molecule has 3 unspecified atom stereocenters. The third kappa shape index (κ3) is 4.37. The third-order valence-corrected chi connectivity index (χ3v) is 7.56. The maximum Gasteiger partial charge on any atom is 0.420 e. The molecule has 0 bridgehead atoms. The van der Waals surface area contributed by atoms with Gasteiger partial charge in [0.15, 0.2) is 11.9 Å². The van der Waals surface area contributed by atoms with E-state index >= 15 is 0 Å². The molecule has 1 aromatic carbocycles. The molecule has 0 amide bonds. The Balaban J connectivity index is 2.26. The SMILES string of the molecule is CN(S(=O)C(C)(C)C)C1(C)COc2c1cc(C(O)C(F)(F)F)nc2-c1ccc(F)c(Cl)c1. The molecule has 1 N–H and O–H groups in total. The first kappa shape index (κ1) is 24.9. The fourth-order valence-electron chi connectivity index (χ4n) is 3.39. The van der Waals surface area contributed by atoms with Gasteiger partial charge in [0.2, 0.25) is 0 Å². The minimum Gasteiger partial charge on any atom is -0.489 e. The van der Waals surface area contributed by atoms with Crippen LogP contribution in [0, 0.1) is 5.82 Å². The minimum atomic E-state index is -4.96. The van der Waals surface area contributed by atoms with Crippen molar-refractivity contribution in [3.8, 4) is 17.0 Å². The normalized spacial score (nSPS) is 20.8. The molecule has 0 saturated carbocycles. The second kappa shape index (κ2) is 8.23. The van der Waals surface area contributed by atoms with Crippen molar-refractivity contribution in [3.63, 3.8) is 0 Å². The highest BCUT2D eigenvalue weighted by atomic mass is 35.5. The number of halogens is 5. The fraction of sp³-hybridized carbons (Fsp3) is 0.476. The van der Waals surface area contributed by atoms with Crippen LogP contribution in [0.3, 0.4) is 0 Å². The number of alkyl halides is 3. The van der Waals surface area contributed by atoms with E-state index in [4.69, 9.17) is 16.3 Å². The number of likely N-dealkylation sites (N-methyl/N-ethyl adjacent to an activating group) is 1. The smallest absolute Gasteiger partial charge is 0.420 e. The van der Waals surface area contributed by atoms with Crippen LogP contribution in [0.2, 0.25) is 5.02 Å². The molecular weight excluding hydrogens is 472 g/mol. The number of benzene rings is 1. The predicted octanol–water partition coefficient (Wildman–Crippen LogP) is 5.14. The molecule has 0 radical (unpaired) electrons. The van der Waals surface area contributed by atoms with E-state index in [-0.39, 0.29) is 34.2 Å². The van der Waals surface area contributed by atoms with Gasteiger partial charge in [-0.05, 0) is 52.0 Å². The average molecular weight is 495 g/mol. The number of hydrogen-bond acceptors (Lipinski definition) is 4. The summed E-state index contributed by atoms with van der Waals surface area (Å²) in [5.41, 5.74) is -1.27. The highest BCUT2D eigenvalue weighted by molar-refractivity contribution is 7.84. The van der Waals surface area contributed by atoms with Crippen LogP contribution in [0.15, 0.2) is 24.3 Å². The number of fused-ring (bicyclic) bond motifs is 1. The molecule has 1 aromatic heterocycles. The summed E-state index contributed by atoms with van der Waals surface area (Å²) in [4.78, 5) is 4.00. The molecule has 5 nitrogen and oxygen atoms in total. The van der Waals surface area contributed by atoms with Crippen LogP contribution in [0.1, 0.15) is 45.1 Å². The predicted molar refractivity (Wildman–Crippen MR) is 114 cm³/mol. The van der Waals surface area contributed by atoms with Crippen molar-refractivity contribution in [1.29, 1.82) is 0 Å². The lowest BCUT2D eigenvalue weighted by Gasteiger charge is -2.37. The first-order valence-electron chi connectivity index (χ1n) is 9.61. The zero-order valence-corrected chi connectivity index (χ0v) is 19.6. The Morgan fingerprint density at radius 3 is 2.44 bits per heavy atom. The summed E-state index contributed by atoms with van der Waals surface area (Å²) in [6, 6.07) is 4.71. The molecule has 0 spiro atoms. The van der Waals surface area contributed by atoms with Crippen LogP contribution in [-0.2, 0) is 16.5 Å². The lowest BCUT2D eigenvalue weighted by atomic mass is 9.92. The lowest BCUT2D eigenvalue weighted by molar-refractivity contribution is -0.207. The first-order valence-corrected chi connectivity index (χ1v) is 11.1. The van der Waals surface area contributed by atoms with Gasteiger partial charge < -0.3 is 9.84 Å². The molecule has 176 valence electrons. The van der Waals surface area contributed by atoms with Gasteiger partial charge in [-0.2, -0.15) is 13.2 Å². The Labute approximate surface area is 190 Å². The average Bonchev–Trinajstić information content (AvgIpc) is 3.04. The largest absolute Gasteiger partial charge is 0.489 e. The highest BCUT2D eigenvalue weighted by Crippen LogP contribution is 2.48. The number of aliphatic hydroxyl groups is 1. The van der Waals surface area contributed by atoms with Crippen molar-refractivity contribution < 1.29 is 31.6 Å². The van der Waals surface area contributed by atoms with Crippen LogP contribution in [0.5, 0.6) is 5.75 Å². The van der Waals surface area contributed by atoms with Gasteiger partial charge in [-0.1, -0.05) is 11.6 Å². The van der Waals surface area contributed by atoms with Crippen molar-refractivity contribution >= 4 is 22.6 Å². The Bertz CT molecular complexity index is 1070. The zero-order valence-electron chi connectivity index (χ0n) is 18.1. The number of hydrogen-bond donors (Lipinski definition) is 1. The molecule has 3 rings (SSSR count). The van der Waals surface area contributed by atoms with Crippen LogP contribution >= 0.6 is 11.6 Å². The fourth-order valence-corrected chi connectivity index (χ4v) is 4.91. The second-order valence-electron chi connectivity index (χ2n) is 8.77. The number of aromatic nitrogens is 1. The topological polar surface area (TPSA) is 62.7 Å². The Hall–Kier alpha value is -1.75. The van der Waals surface area contributed by atoms with E-state index in [1.807, 2.05) is 0 Å². The third-order valence-electron chi connectivity index (χ3n) is 5.32. The highest BCUT2D eigenvalue weighted by Gasteiger charge is 2.48. The van der Waals surface area contributed by atoms with Crippen molar-refractivity contribution in [1.82, 2.24) is 9.29 Å². The summed E-state index contributed by atoms with van der Waals surface area (Å²) in [7, 11) is 0.0585.